The zero-order valence-electron chi connectivity index (χ0n) is 18.2. The summed E-state index contributed by atoms with van der Waals surface area (Å²) in [4.78, 5) is 37.0. The maximum Gasteiger partial charge on any atom is 0.334 e. The van der Waals surface area contributed by atoms with Crippen LogP contribution in [-0.2, 0) is 6.42 Å². The van der Waals surface area contributed by atoms with Gasteiger partial charge in [0.1, 0.15) is 5.82 Å². The first kappa shape index (κ1) is 21.9. The van der Waals surface area contributed by atoms with Crippen LogP contribution in [0.15, 0.2) is 46.1 Å². The fourth-order valence-corrected chi connectivity index (χ4v) is 4.04. The van der Waals surface area contributed by atoms with E-state index in [1.54, 1.807) is 24.4 Å². The third-order valence-electron chi connectivity index (χ3n) is 5.45. The molecule has 164 valence electrons. The number of fused-ring (bicyclic) bond motifs is 1. The fraction of sp³-hybridized carbons (Fsp3) is 0.250. The number of nitrogens with zero attached hydrogens (tertiary/aromatic N) is 3. The van der Waals surface area contributed by atoms with Crippen molar-refractivity contribution in [2.75, 3.05) is 0 Å². The zero-order valence-corrected chi connectivity index (χ0v) is 18.9. The van der Waals surface area contributed by atoms with E-state index in [4.69, 9.17) is 11.6 Å². The lowest BCUT2D eigenvalue weighted by atomic mass is 10.0. The molecule has 0 atom stereocenters. The van der Waals surface area contributed by atoms with E-state index in [0.29, 0.717) is 17.8 Å². The first-order valence-corrected chi connectivity index (χ1v) is 10.7. The number of halogens is 2. The molecular formula is C24H22ClFN4O2. The van der Waals surface area contributed by atoms with Crippen LogP contribution < -0.4 is 11.2 Å². The Bertz CT molecular complexity index is 1470. The average Bonchev–Trinajstić information content (AvgIpc) is 2.75. The van der Waals surface area contributed by atoms with Crippen LogP contribution in [0, 0.1) is 12.7 Å². The van der Waals surface area contributed by atoms with Crippen molar-refractivity contribution < 1.29 is 4.39 Å². The van der Waals surface area contributed by atoms with Crippen LogP contribution in [0.2, 0.25) is 5.02 Å². The third-order valence-corrected chi connectivity index (χ3v) is 5.74. The molecule has 0 fully saturated rings. The summed E-state index contributed by atoms with van der Waals surface area (Å²) in [5, 5.41) is 0.246. The number of rotatable bonds is 4. The minimum absolute atomic E-state index is 0.00392. The van der Waals surface area contributed by atoms with Crippen molar-refractivity contribution in [3.05, 3.63) is 85.0 Å². The topological polar surface area (TPSA) is 80.6 Å². The highest BCUT2D eigenvalue weighted by atomic mass is 35.5. The molecule has 32 heavy (non-hydrogen) atoms. The minimum Gasteiger partial charge on any atom is -0.273 e. The summed E-state index contributed by atoms with van der Waals surface area (Å²) in [7, 11) is 0. The van der Waals surface area contributed by atoms with Gasteiger partial charge in [0.05, 0.1) is 27.5 Å². The summed E-state index contributed by atoms with van der Waals surface area (Å²) in [6.07, 6.45) is 2.38. The Kier molecular flexibility index (Phi) is 5.69. The van der Waals surface area contributed by atoms with Crippen molar-refractivity contribution in [2.45, 2.75) is 40.0 Å². The smallest absolute Gasteiger partial charge is 0.273 e. The lowest BCUT2D eigenvalue weighted by Gasteiger charge is -2.18. The summed E-state index contributed by atoms with van der Waals surface area (Å²) >= 11 is 6.45. The summed E-state index contributed by atoms with van der Waals surface area (Å²) < 4.78 is 16.1. The molecule has 0 aliphatic rings. The van der Waals surface area contributed by atoms with Crippen LogP contribution in [0.3, 0.4) is 0 Å². The highest BCUT2D eigenvalue weighted by molar-refractivity contribution is 6.33. The Morgan fingerprint density at radius 3 is 2.62 bits per heavy atom. The minimum atomic E-state index is -0.649. The van der Waals surface area contributed by atoms with Gasteiger partial charge in [-0.2, -0.15) is 0 Å². The number of nitrogens with one attached hydrogen (secondary N) is 1. The molecule has 1 N–H and O–H groups in total. The van der Waals surface area contributed by atoms with Gasteiger partial charge in [-0.25, -0.2) is 18.7 Å². The standard InChI is InChI=1S/C24H22ClFN4O2/c1-5-14-6-7-18(26)15(10-14)20-17(25)11-16-22(28-20)30(24(32)29-23(16)31)21-13(4)8-9-27-19(21)12(2)3/h6-12H,5H2,1-4H3,(H,29,31,32). The monoisotopic (exact) mass is 452 g/mol. The zero-order chi connectivity index (χ0) is 23.2. The highest BCUT2D eigenvalue weighted by Gasteiger charge is 2.21. The van der Waals surface area contributed by atoms with E-state index in [0.717, 1.165) is 11.1 Å². The van der Waals surface area contributed by atoms with Crippen LogP contribution in [0.5, 0.6) is 0 Å². The van der Waals surface area contributed by atoms with Crippen LogP contribution in [0.25, 0.3) is 28.0 Å². The second-order valence-electron chi connectivity index (χ2n) is 7.97. The number of hydrogen-bond donors (Lipinski definition) is 1. The molecule has 0 amide bonds. The number of pyridine rings is 2. The van der Waals surface area contributed by atoms with E-state index in [9.17, 15) is 14.0 Å². The Labute approximate surface area is 188 Å². The summed E-state index contributed by atoms with van der Waals surface area (Å²) in [5.41, 5.74) is 2.12. The number of benzene rings is 1. The van der Waals surface area contributed by atoms with Crippen molar-refractivity contribution in [3.8, 4) is 16.9 Å². The van der Waals surface area contributed by atoms with Gasteiger partial charge in [0.15, 0.2) is 5.65 Å². The van der Waals surface area contributed by atoms with Crippen LogP contribution in [0.1, 0.15) is 43.5 Å². The van der Waals surface area contributed by atoms with Gasteiger partial charge in [-0.3, -0.25) is 14.8 Å². The van der Waals surface area contributed by atoms with E-state index in [-0.39, 0.29) is 33.2 Å². The molecule has 1 aromatic carbocycles. The van der Waals surface area contributed by atoms with E-state index >= 15 is 0 Å². The number of aromatic nitrogens is 4. The summed E-state index contributed by atoms with van der Waals surface area (Å²) in [6, 6.07) is 7.95. The quantitative estimate of drug-likeness (QED) is 0.476. The number of hydrogen-bond acceptors (Lipinski definition) is 4. The molecule has 0 radical (unpaired) electrons. The Hall–Kier alpha value is -3.32. The van der Waals surface area contributed by atoms with Gasteiger partial charge in [0.25, 0.3) is 5.56 Å². The molecule has 4 rings (SSSR count). The lowest BCUT2D eigenvalue weighted by molar-refractivity contribution is 0.630. The van der Waals surface area contributed by atoms with Gasteiger partial charge in [-0.1, -0.05) is 38.4 Å². The lowest BCUT2D eigenvalue weighted by Crippen LogP contribution is -2.31. The predicted octanol–water partition coefficient (Wildman–Crippen LogP) is 4.92. The Balaban J connectivity index is 2.16. The molecule has 0 aliphatic carbocycles. The van der Waals surface area contributed by atoms with Crippen molar-refractivity contribution in [2.24, 2.45) is 0 Å². The third kappa shape index (κ3) is 3.62. The Morgan fingerprint density at radius 1 is 1.19 bits per heavy atom. The number of aryl methyl sites for hydroxylation is 2. The van der Waals surface area contributed by atoms with Crippen LogP contribution in [-0.4, -0.2) is 19.5 Å². The number of aromatic amines is 1. The van der Waals surface area contributed by atoms with E-state index in [1.165, 1.54) is 16.7 Å². The second-order valence-corrected chi connectivity index (χ2v) is 8.38. The SMILES string of the molecule is CCc1ccc(F)c(-c2nc3c(cc2Cl)c(=O)[nH]c(=O)n3-c2c(C)ccnc2C(C)C)c1. The normalized spacial score (nSPS) is 11.5. The predicted molar refractivity (Wildman–Crippen MR) is 124 cm³/mol. The summed E-state index contributed by atoms with van der Waals surface area (Å²) in [5.74, 6) is -0.487. The van der Waals surface area contributed by atoms with E-state index < -0.39 is 17.1 Å². The van der Waals surface area contributed by atoms with Crippen LogP contribution in [0.4, 0.5) is 4.39 Å². The van der Waals surface area contributed by atoms with E-state index in [2.05, 4.69) is 15.0 Å². The highest BCUT2D eigenvalue weighted by Crippen LogP contribution is 2.32. The molecule has 3 aromatic heterocycles. The van der Waals surface area contributed by atoms with Gasteiger partial charge in [0, 0.05) is 11.8 Å². The molecule has 8 heteroatoms. The number of H-pyrrole nitrogens is 1. The molecule has 0 spiro atoms. The summed E-state index contributed by atoms with van der Waals surface area (Å²) in [6.45, 7) is 7.74. The van der Waals surface area contributed by atoms with Gasteiger partial charge in [-0.15, -0.1) is 0 Å². The Morgan fingerprint density at radius 2 is 1.94 bits per heavy atom. The molecule has 0 saturated heterocycles. The van der Waals surface area contributed by atoms with Gasteiger partial charge >= 0.3 is 5.69 Å². The van der Waals surface area contributed by atoms with Gasteiger partial charge in [-0.05, 0) is 54.7 Å². The van der Waals surface area contributed by atoms with Crippen molar-refractivity contribution in [1.82, 2.24) is 19.5 Å². The molecule has 0 bridgehead atoms. The van der Waals surface area contributed by atoms with Crippen molar-refractivity contribution >= 4 is 22.6 Å². The molecule has 0 aliphatic heterocycles. The van der Waals surface area contributed by atoms with Crippen LogP contribution >= 0.6 is 11.6 Å². The first-order valence-electron chi connectivity index (χ1n) is 10.3. The molecule has 0 unspecified atom stereocenters. The maximum atomic E-state index is 14.7. The van der Waals surface area contributed by atoms with E-state index in [1.807, 2.05) is 27.7 Å². The van der Waals surface area contributed by atoms with Gasteiger partial charge in [0.2, 0.25) is 0 Å². The molecule has 6 nitrogen and oxygen atoms in total. The molecule has 4 aromatic rings. The second kappa shape index (κ2) is 8.31. The van der Waals surface area contributed by atoms with Crippen molar-refractivity contribution in [3.63, 3.8) is 0 Å². The first-order chi connectivity index (χ1) is 15.2. The maximum absolute atomic E-state index is 14.7. The average molecular weight is 453 g/mol. The molecular weight excluding hydrogens is 431 g/mol. The molecule has 3 heterocycles. The largest absolute Gasteiger partial charge is 0.334 e. The molecule has 0 saturated carbocycles. The van der Waals surface area contributed by atoms with Gasteiger partial charge < -0.3 is 0 Å². The van der Waals surface area contributed by atoms with Crippen molar-refractivity contribution in [1.29, 1.82) is 0 Å². The fourth-order valence-electron chi connectivity index (χ4n) is 3.79.